The van der Waals surface area contributed by atoms with Crippen molar-refractivity contribution in [1.82, 2.24) is 4.98 Å². The predicted octanol–water partition coefficient (Wildman–Crippen LogP) is 4.77. The van der Waals surface area contributed by atoms with E-state index in [0.717, 1.165) is 12.1 Å². The summed E-state index contributed by atoms with van der Waals surface area (Å²) in [4.78, 5) is 14.3. The zero-order chi connectivity index (χ0) is 25.2. The van der Waals surface area contributed by atoms with E-state index >= 15 is 0 Å². The summed E-state index contributed by atoms with van der Waals surface area (Å²) in [5, 5.41) is 0. The summed E-state index contributed by atoms with van der Waals surface area (Å²) < 4.78 is 121. The Balaban J connectivity index is 2.96. The summed E-state index contributed by atoms with van der Waals surface area (Å²) in [6, 6.07) is 4.68. The highest BCUT2D eigenvalue weighted by molar-refractivity contribution is 7.87. The Morgan fingerprint density at radius 1 is 0.909 bits per heavy atom. The molecule has 0 saturated carbocycles. The maximum Gasteiger partial charge on any atom is 0.437 e. The fourth-order valence-corrected chi connectivity index (χ4v) is 3.50. The van der Waals surface area contributed by atoms with Gasteiger partial charge in [-0.15, -0.1) is 0 Å². The number of aryl methyl sites for hydroxylation is 1. The molecule has 1 aromatic heterocycles. The summed E-state index contributed by atoms with van der Waals surface area (Å²) in [7, 11) is -5.02. The zero-order valence-corrected chi connectivity index (χ0v) is 18.1. The van der Waals surface area contributed by atoms with E-state index in [2.05, 4.69) is 13.9 Å². The van der Waals surface area contributed by atoms with Gasteiger partial charge in [0.2, 0.25) is 5.75 Å². The number of alkyl halides is 6. The third kappa shape index (κ3) is 5.86. The second-order valence-electron chi connectivity index (χ2n) is 6.34. The average molecular weight is 501 g/mol. The predicted molar refractivity (Wildman–Crippen MR) is 100 cm³/mol. The second-order valence-corrected chi connectivity index (χ2v) is 7.89. The van der Waals surface area contributed by atoms with E-state index in [1.165, 1.54) is 26.0 Å². The lowest BCUT2D eigenvalue weighted by Crippen LogP contribution is -2.25. The van der Waals surface area contributed by atoms with Crippen molar-refractivity contribution in [3.63, 3.8) is 0 Å². The Hall–Kier alpha value is -3.03. The maximum atomic E-state index is 13.6. The topological polar surface area (TPSA) is 91.8 Å². The summed E-state index contributed by atoms with van der Waals surface area (Å²) >= 11 is 0. The van der Waals surface area contributed by atoms with Crippen LogP contribution >= 0.6 is 0 Å². The first-order chi connectivity index (χ1) is 15.1. The molecule has 7 nitrogen and oxygen atoms in total. The molecule has 0 saturated heterocycles. The Morgan fingerprint density at radius 3 is 1.91 bits per heavy atom. The molecule has 0 spiro atoms. The lowest BCUT2D eigenvalue weighted by atomic mass is 10.1. The number of benzene rings is 1. The van der Waals surface area contributed by atoms with Crippen LogP contribution in [-0.4, -0.2) is 32.6 Å². The first-order valence-electron chi connectivity index (χ1n) is 9.16. The van der Waals surface area contributed by atoms with Crippen molar-refractivity contribution in [3.8, 4) is 11.5 Å². The number of rotatable bonds is 7. The highest BCUT2D eigenvalue weighted by atomic mass is 32.2. The molecule has 0 aliphatic carbocycles. The molecule has 0 radical (unpaired) electrons. The fourth-order valence-electron chi connectivity index (χ4n) is 2.56. The molecule has 14 heteroatoms. The molecule has 0 fully saturated rings. The summed E-state index contributed by atoms with van der Waals surface area (Å²) in [6.07, 6.45) is -11.1. The number of ether oxygens (including phenoxy) is 2. The average Bonchev–Trinajstić information content (AvgIpc) is 2.67. The van der Waals surface area contributed by atoms with Crippen LogP contribution in [0.25, 0.3) is 0 Å². The van der Waals surface area contributed by atoms with Gasteiger partial charge in [0.15, 0.2) is 17.1 Å². The summed E-state index contributed by atoms with van der Waals surface area (Å²) in [5.41, 5.74) is -5.63. The Kier molecular flexibility index (Phi) is 7.51. The molecular formula is C19H17F6NO6S. The molecule has 2 rings (SSSR count). The molecule has 0 N–H and O–H groups in total. The van der Waals surface area contributed by atoms with Gasteiger partial charge in [-0.2, -0.15) is 34.8 Å². The molecule has 0 aliphatic rings. The minimum atomic E-state index is -5.61. The monoisotopic (exact) mass is 501 g/mol. The fraction of sp³-hybridized carbons (Fsp3) is 0.368. The van der Waals surface area contributed by atoms with Crippen molar-refractivity contribution < 1.29 is 53.2 Å². The molecule has 0 amide bonds. The number of carbonyl (C=O) groups is 1. The van der Waals surface area contributed by atoms with Crippen LogP contribution in [0, 0.1) is 6.92 Å². The molecule has 182 valence electrons. The maximum absolute atomic E-state index is 13.6. The van der Waals surface area contributed by atoms with Gasteiger partial charge >= 0.3 is 28.4 Å². The van der Waals surface area contributed by atoms with Gasteiger partial charge in [0.05, 0.1) is 13.2 Å². The standard InChI is InChI=1S/C19H17F6NO6S/c1-4-30-14-13(32-33(28,29)11-8-6-10(3)7-9-11)12(17(27)31-5-2)15(18(20,21)22)26-16(14)19(23,24)25/h6-9H,4-5H2,1-3H3. The van der Waals surface area contributed by atoms with Crippen LogP contribution in [-0.2, 0) is 27.2 Å². The molecule has 0 aliphatic heterocycles. The van der Waals surface area contributed by atoms with Gasteiger partial charge in [0, 0.05) is 0 Å². The third-order valence-corrected chi connectivity index (χ3v) is 5.15. The van der Waals surface area contributed by atoms with Crippen LogP contribution in [0.1, 0.15) is 41.2 Å². The Morgan fingerprint density at radius 2 is 1.45 bits per heavy atom. The van der Waals surface area contributed by atoms with Crippen LogP contribution < -0.4 is 8.92 Å². The van der Waals surface area contributed by atoms with Crippen LogP contribution in [0.5, 0.6) is 11.5 Å². The first kappa shape index (κ1) is 26.2. The summed E-state index contributed by atoms with van der Waals surface area (Å²) in [5.74, 6) is -4.94. The molecular weight excluding hydrogens is 484 g/mol. The number of halogens is 6. The molecule has 1 aromatic carbocycles. The minimum Gasteiger partial charge on any atom is -0.488 e. The van der Waals surface area contributed by atoms with Crippen molar-refractivity contribution in [3.05, 3.63) is 46.8 Å². The minimum absolute atomic E-state index is 0.481. The number of nitrogens with zero attached hydrogens (tertiary/aromatic N) is 1. The highest BCUT2D eigenvalue weighted by Gasteiger charge is 2.48. The van der Waals surface area contributed by atoms with E-state index in [-0.39, 0.29) is 0 Å². The van der Waals surface area contributed by atoms with Gasteiger partial charge in [0.25, 0.3) is 0 Å². The number of hydrogen-bond donors (Lipinski definition) is 0. The normalized spacial score (nSPS) is 12.4. The Bertz CT molecular complexity index is 1130. The second kappa shape index (κ2) is 9.45. The SMILES string of the molecule is CCOC(=O)c1c(C(F)(F)F)nc(C(F)(F)F)c(OCC)c1OS(=O)(=O)c1ccc(C)cc1. The van der Waals surface area contributed by atoms with E-state index in [1.807, 2.05) is 0 Å². The largest absolute Gasteiger partial charge is 0.488 e. The van der Waals surface area contributed by atoms with E-state index in [0.29, 0.717) is 5.56 Å². The van der Waals surface area contributed by atoms with Gasteiger partial charge in [-0.25, -0.2) is 9.78 Å². The highest BCUT2D eigenvalue weighted by Crippen LogP contribution is 2.47. The van der Waals surface area contributed by atoms with Crippen molar-refractivity contribution in [2.75, 3.05) is 13.2 Å². The summed E-state index contributed by atoms with van der Waals surface area (Å²) in [6.45, 7) is 2.97. The van der Waals surface area contributed by atoms with Crippen molar-refractivity contribution >= 4 is 16.1 Å². The lowest BCUT2D eigenvalue weighted by molar-refractivity contribution is -0.151. The van der Waals surface area contributed by atoms with E-state index in [4.69, 9.17) is 4.74 Å². The molecule has 0 atom stereocenters. The van der Waals surface area contributed by atoms with Crippen LogP contribution in [0.4, 0.5) is 26.3 Å². The lowest BCUT2D eigenvalue weighted by Gasteiger charge is -2.22. The number of pyridine rings is 1. The quantitative estimate of drug-likeness (QED) is 0.307. The number of esters is 1. The van der Waals surface area contributed by atoms with Gasteiger partial charge in [-0.05, 0) is 32.9 Å². The molecule has 0 unspecified atom stereocenters. The first-order valence-corrected chi connectivity index (χ1v) is 10.6. The van der Waals surface area contributed by atoms with Crippen LogP contribution in [0.2, 0.25) is 0 Å². The van der Waals surface area contributed by atoms with Crippen molar-refractivity contribution in [2.45, 2.75) is 38.0 Å². The number of hydrogen-bond acceptors (Lipinski definition) is 7. The van der Waals surface area contributed by atoms with E-state index in [1.54, 1.807) is 6.92 Å². The third-order valence-electron chi connectivity index (χ3n) is 3.92. The molecule has 2 aromatic rings. The van der Waals surface area contributed by atoms with E-state index < -0.39 is 75.0 Å². The van der Waals surface area contributed by atoms with Gasteiger partial charge < -0.3 is 13.7 Å². The smallest absolute Gasteiger partial charge is 0.437 e. The Labute approximate surface area is 184 Å². The van der Waals surface area contributed by atoms with Crippen molar-refractivity contribution in [1.29, 1.82) is 0 Å². The van der Waals surface area contributed by atoms with Gasteiger partial charge in [-0.1, -0.05) is 17.7 Å². The van der Waals surface area contributed by atoms with Crippen molar-refractivity contribution in [2.24, 2.45) is 0 Å². The van der Waals surface area contributed by atoms with Crippen LogP contribution in [0.3, 0.4) is 0 Å². The molecule has 33 heavy (non-hydrogen) atoms. The zero-order valence-electron chi connectivity index (χ0n) is 17.3. The number of carbonyl (C=O) groups excluding carboxylic acids is 1. The van der Waals surface area contributed by atoms with Crippen LogP contribution in [0.15, 0.2) is 29.2 Å². The van der Waals surface area contributed by atoms with E-state index in [9.17, 15) is 39.6 Å². The number of aromatic nitrogens is 1. The molecule has 1 heterocycles. The molecule has 0 bridgehead atoms. The van der Waals surface area contributed by atoms with Gasteiger partial charge in [-0.3, -0.25) is 0 Å². The van der Waals surface area contributed by atoms with Gasteiger partial charge in [0.1, 0.15) is 10.5 Å².